The molecule has 0 bridgehead atoms. The van der Waals surface area contributed by atoms with Gasteiger partial charge >= 0.3 is 0 Å². The first-order valence-corrected chi connectivity index (χ1v) is 10.2. The zero-order chi connectivity index (χ0) is 19.7. The van der Waals surface area contributed by atoms with Crippen molar-refractivity contribution in [1.82, 2.24) is 19.2 Å². The summed E-state index contributed by atoms with van der Waals surface area (Å²) in [6.45, 7) is 2.59. The van der Waals surface area contributed by atoms with Gasteiger partial charge in [0.15, 0.2) is 0 Å². The van der Waals surface area contributed by atoms with Gasteiger partial charge in [0.25, 0.3) is 5.56 Å². The van der Waals surface area contributed by atoms with Crippen molar-refractivity contribution in [2.24, 2.45) is 0 Å². The second kappa shape index (κ2) is 7.73. The average molecular weight is 416 g/mol. The highest BCUT2D eigenvalue weighted by Crippen LogP contribution is 2.20. The van der Waals surface area contributed by atoms with E-state index in [-0.39, 0.29) is 17.9 Å². The predicted molar refractivity (Wildman–Crippen MR) is 111 cm³/mol. The molecule has 1 N–H and O–H groups in total. The van der Waals surface area contributed by atoms with Crippen LogP contribution >= 0.6 is 22.9 Å². The molecule has 0 aliphatic carbocycles. The van der Waals surface area contributed by atoms with E-state index in [9.17, 15) is 9.59 Å². The lowest BCUT2D eigenvalue weighted by Gasteiger charge is -2.08. The minimum Gasteiger partial charge on any atom is -0.326 e. The van der Waals surface area contributed by atoms with E-state index in [2.05, 4.69) is 15.5 Å². The highest BCUT2D eigenvalue weighted by molar-refractivity contribution is 7.17. The molecular weight excluding hydrogens is 398 g/mol. The fraction of sp³-hybridized carbons (Fsp3) is 0.263. The molecule has 144 valence electrons. The van der Waals surface area contributed by atoms with Gasteiger partial charge in [-0.2, -0.15) is 0 Å². The van der Waals surface area contributed by atoms with Gasteiger partial charge in [-0.15, -0.1) is 21.5 Å². The summed E-state index contributed by atoms with van der Waals surface area (Å²) in [5.41, 5.74) is 1.44. The van der Waals surface area contributed by atoms with Gasteiger partial charge in [0.2, 0.25) is 11.7 Å². The van der Waals surface area contributed by atoms with Crippen LogP contribution in [0.5, 0.6) is 0 Å². The molecule has 0 aliphatic heterocycles. The molecule has 4 rings (SSSR count). The number of rotatable bonds is 6. The summed E-state index contributed by atoms with van der Waals surface area (Å²) in [5.74, 6) is 1.06. The fourth-order valence-corrected chi connectivity index (χ4v) is 4.10. The number of hydrogen-bond donors (Lipinski definition) is 1. The summed E-state index contributed by atoms with van der Waals surface area (Å²) in [5, 5.41) is 13.8. The maximum absolute atomic E-state index is 12.7. The topological polar surface area (TPSA) is 81.3 Å². The highest BCUT2D eigenvalue weighted by atomic mass is 35.5. The molecule has 0 radical (unpaired) electrons. The molecule has 28 heavy (non-hydrogen) atoms. The number of benzene rings is 1. The maximum atomic E-state index is 12.7. The van der Waals surface area contributed by atoms with Gasteiger partial charge < -0.3 is 5.32 Å². The summed E-state index contributed by atoms with van der Waals surface area (Å²) >= 11 is 7.27. The lowest BCUT2D eigenvalue weighted by molar-refractivity contribution is -0.116. The maximum Gasteiger partial charge on any atom is 0.272 e. The minimum atomic E-state index is -0.123. The van der Waals surface area contributed by atoms with Crippen molar-refractivity contribution in [1.29, 1.82) is 0 Å². The Morgan fingerprint density at radius 1 is 1.21 bits per heavy atom. The van der Waals surface area contributed by atoms with Crippen molar-refractivity contribution in [2.75, 3.05) is 5.32 Å². The number of aryl methyl sites for hydroxylation is 2. The molecule has 0 atom stereocenters. The number of carbonyl (C=O) groups excluding carboxylic acids is 1. The Hall–Kier alpha value is -2.71. The lowest BCUT2D eigenvalue weighted by Crippen LogP contribution is -2.22. The van der Waals surface area contributed by atoms with Crippen molar-refractivity contribution in [3.05, 3.63) is 56.9 Å². The molecule has 1 aromatic carbocycles. The number of thiophene rings is 1. The van der Waals surface area contributed by atoms with Crippen LogP contribution in [0, 0.1) is 0 Å². The van der Waals surface area contributed by atoms with E-state index in [0.717, 1.165) is 11.9 Å². The number of carbonyl (C=O) groups is 1. The molecule has 3 aromatic heterocycles. The molecule has 9 heteroatoms. The largest absolute Gasteiger partial charge is 0.326 e. The number of halogens is 1. The van der Waals surface area contributed by atoms with Crippen LogP contribution in [-0.2, 0) is 17.8 Å². The summed E-state index contributed by atoms with van der Waals surface area (Å²) in [6.07, 6.45) is 1.48. The summed E-state index contributed by atoms with van der Waals surface area (Å²) < 4.78 is 4.22. The van der Waals surface area contributed by atoms with Gasteiger partial charge in [-0.05, 0) is 42.1 Å². The van der Waals surface area contributed by atoms with Crippen molar-refractivity contribution >= 4 is 50.5 Å². The van der Waals surface area contributed by atoms with Crippen molar-refractivity contribution in [3.63, 3.8) is 0 Å². The molecule has 1 amide bonds. The second-order valence-electron chi connectivity index (χ2n) is 6.40. The normalized spacial score (nSPS) is 11.4. The second-order valence-corrected chi connectivity index (χ2v) is 7.75. The number of hydrogen-bond acceptors (Lipinski definition) is 5. The Morgan fingerprint density at radius 3 is 2.75 bits per heavy atom. The molecule has 0 saturated carbocycles. The van der Waals surface area contributed by atoms with Gasteiger partial charge in [0.05, 0.1) is 5.52 Å². The Bertz CT molecular complexity index is 1210. The molecule has 0 aliphatic rings. The molecule has 3 heterocycles. The predicted octanol–water partition coefficient (Wildman–Crippen LogP) is 3.74. The van der Waals surface area contributed by atoms with Crippen LogP contribution in [0.2, 0.25) is 5.02 Å². The standard InChI is InChI=1S/C19H18ClN5O2S/c1-2-10-24-18(27)17-14(9-11-28-17)25-15(22-23-19(24)25)7-8-16(26)21-13-5-3-12(20)4-6-13/h3-6,9,11H,2,7-8,10H2,1H3,(H,21,26). The number of anilines is 1. The van der Waals surface area contributed by atoms with Crippen LogP contribution in [0.25, 0.3) is 16.0 Å². The summed E-state index contributed by atoms with van der Waals surface area (Å²) in [4.78, 5) is 25.0. The first-order valence-electron chi connectivity index (χ1n) is 8.98. The van der Waals surface area contributed by atoms with E-state index in [4.69, 9.17) is 11.6 Å². The first kappa shape index (κ1) is 18.6. The molecule has 0 unspecified atom stereocenters. The van der Waals surface area contributed by atoms with Gasteiger partial charge in [-0.1, -0.05) is 18.5 Å². The number of aromatic nitrogens is 4. The number of nitrogens with zero attached hydrogens (tertiary/aromatic N) is 4. The third kappa shape index (κ3) is 3.41. The number of amides is 1. The van der Waals surface area contributed by atoms with Crippen molar-refractivity contribution in [2.45, 2.75) is 32.7 Å². The summed E-state index contributed by atoms with van der Waals surface area (Å²) in [7, 11) is 0. The van der Waals surface area contributed by atoms with E-state index in [1.165, 1.54) is 11.3 Å². The van der Waals surface area contributed by atoms with Gasteiger partial charge in [0.1, 0.15) is 10.5 Å². The van der Waals surface area contributed by atoms with Crippen LogP contribution in [0.3, 0.4) is 0 Å². The van der Waals surface area contributed by atoms with E-state index < -0.39 is 0 Å². The zero-order valence-electron chi connectivity index (χ0n) is 15.2. The van der Waals surface area contributed by atoms with Gasteiger partial charge in [0, 0.05) is 30.1 Å². The molecule has 0 saturated heterocycles. The van der Waals surface area contributed by atoms with Crippen LogP contribution in [-0.4, -0.2) is 25.1 Å². The monoisotopic (exact) mass is 415 g/mol. The fourth-order valence-electron chi connectivity index (χ4n) is 3.15. The molecule has 7 nitrogen and oxygen atoms in total. The van der Waals surface area contributed by atoms with E-state index in [0.29, 0.717) is 40.0 Å². The van der Waals surface area contributed by atoms with Crippen LogP contribution in [0.1, 0.15) is 25.6 Å². The van der Waals surface area contributed by atoms with Crippen LogP contribution in [0.4, 0.5) is 5.69 Å². The van der Waals surface area contributed by atoms with Crippen LogP contribution in [0.15, 0.2) is 40.5 Å². The lowest BCUT2D eigenvalue weighted by atomic mass is 10.2. The first-order chi connectivity index (χ1) is 13.6. The third-order valence-electron chi connectivity index (χ3n) is 4.43. The Labute approximate surface area is 169 Å². The number of nitrogens with one attached hydrogen (secondary N) is 1. The van der Waals surface area contributed by atoms with Gasteiger partial charge in [-0.3, -0.25) is 18.6 Å². The average Bonchev–Trinajstić information content (AvgIpc) is 3.32. The third-order valence-corrected chi connectivity index (χ3v) is 5.57. The molecule has 0 spiro atoms. The highest BCUT2D eigenvalue weighted by Gasteiger charge is 2.17. The van der Waals surface area contributed by atoms with Crippen molar-refractivity contribution < 1.29 is 4.79 Å². The SMILES string of the molecule is CCCn1c(=O)c2sccc2n2c(CCC(=O)Nc3ccc(Cl)cc3)nnc12. The van der Waals surface area contributed by atoms with E-state index >= 15 is 0 Å². The molecule has 4 aromatic rings. The van der Waals surface area contributed by atoms with Crippen molar-refractivity contribution in [3.8, 4) is 0 Å². The minimum absolute atomic E-state index is 0.0428. The zero-order valence-corrected chi connectivity index (χ0v) is 16.8. The number of fused-ring (bicyclic) bond motifs is 3. The van der Waals surface area contributed by atoms with Crippen LogP contribution < -0.4 is 10.9 Å². The Balaban J connectivity index is 1.61. The molecule has 0 fully saturated rings. The molecular formula is C19H18ClN5O2S. The Morgan fingerprint density at radius 2 is 2.00 bits per heavy atom. The Kier molecular flexibility index (Phi) is 5.15. The summed E-state index contributed by atoms with van der Waals surface area (Å²) in [6, 6.07) is 8.86. The quantitative estimate of drug-likeness (QED) is 0.520. The smallest absolute Gasteiger partial charge is 0.272 e. The van der Waals surface area contributed by atoms with E-state index in [1.807, 2.05) is 22.8 Å². The van der Waals surface area contributed by atoms with E-state index in [1.54, 1.807) is 28.8 Å². The van der Waals surface area contributed by atoms with Gasteiger partial charge in [-0.25, -0.2) is 0 Å².